The van der Waals surface area contributed by atoms with Gasteiger partial charge in [-0.3, -0.25) is 9.59 Å². The van der Waals surface area contributed by atoms with E-state index in [0.29, 0.717) is 12.2 Å². The molecule has 0 bridgehead atoms. The topological polar surface area (TPSA) is 61.4 Å². The zero-order valence-corrected chi connectivity index (χ0v) is 17.0. The minimum atomic E-state index is -0.354. The molecule has 0 aromatic heterocycles. The van der Waals surface area contributed by atoms with Gasteiger partial charge in [0.15, 0.2) is 0 Å². The molecule has 0 radical (unpaired) electrons. The van der Waals surface area contributed by atoms with E-state index < -0.39 is 0 Å². The highest BCUT2D eigenvalue weighted by molar-refractivity contribution is 8.00. The molecule has 0 saturated heterocycles. The summed E-state index contributed by atoms with van der Waals surface area (Å²) in [5.41, 5.74) is 2.88. The molecule has 150 valence electrons. The molecule has 0 spiro atoms. The van der Waals surface area contributed by atoms with E-state index in [4.69, 9.17) is 0 Å². The van der Waals surface area contributed by atoms with Crippen LogP contribution in [0.5, 0.6) is 0 Å². The van der Waals surface area contributed by atoms with Crippen LogP contribution in [0.4, 0.5) is 15.8 Å². The second-order valence-electron chi connectivity index (χ2n) is 6.32. The number of anilines is 2. The quantitative estimate of drug-likeness (QED) is 0.638. The third-order valence-electron chi connectivity index (χ3n) is 4.05. The number of benzene rings is 2. The molecule has 0 saturated carbocycles. The van der Waals surface area contributed by atoms with Gasteiger partial charge in [0.2, 0.25) is 11.8 Å². The predicted octanol–water partition coefficient (Wildman–Crippen LogP) is 3.45. The number of rotatable bonds is 10. The number of nitrogens with zero attached hydrogens (tertiary/aromatic N) is 1. The number of carbonyl (C=O) groups excluding carboxylic acids is 2. The summed E-state index contributed by atoms with van der Waals surface area (Å²) in [5, 5.41) is 5.55. The van der Waals surface area contributed by atoms with Crippen LogP contribution in [0.1, 0.15) is 12.5 Å². The van der Waals surface area contributed by atoms with E-state index in [1.165, 1.54) is 41.6 Å². The van der Waals surface area contributed by atoms with Gasteiger partial charge in [0.1, 0.15) is 5.82 Å². The van der Waals surface area contributed by atoms with Gasteiger partial charge in [0.25, 0.3) is 0 Å². The molecule has 0 unspecified atom stereocenters. The Morgan fingerprint density at radius 2 is 1.79 bits per heavy atom. The zero-order chi connectivity index (χ0) is 20.4. The Labute approximate surface area is 169 Å². The summed E-state index contributed by atoms with van der Waals surface area (Å²) in [7, 11) is 0. The number of thioether (sulfide) groups is 1. The van der Waals surface area contributed by atoms with Crippen LogP contribution in [0, 0.1) is 12.7 Å². The van der Waals surface area contributed by atoms with Crippen LogP contribution in [0.15, 0.2) is 48.5 Å². The molecular formula is C21H26FN3O2S. The van der Waals surface area contributed by atoms with Crippen molar-refractivity contribution in [3.05, 3.63) is 59.9 Å². The summed E-state index contributed by atoms with van der Waals surface area (Å²) in [5.74, 6) is -0.295. The van der Waals surface area contributed by atoms with Crippen molar-refractivity contribution in [3.63, 3.8) is 0 Å². The fourth-order valence-corrected chi connectivity index (χ4v) is 3.29. The van der Waals surface area contributed by atoms with Crippen LogP contribution >= 0.6 is 11.8 Å². The average Bonchev–Trinajstić information content (AvgIpc) is 2.67. The van der Waals surface area contributed by atoms with Crippen molar-refractivity contribution in [1.82, 2.24) is 5.32 Å². The molecule has 0 heterocycles. The number of nitrogens with one attached hydrogen (secondary N) is 2. The van der Waals surface area contributed by atoms with E-state index in [-0.39, 0.29) is 29.1 Å². The SMILES string of the molecule is CCN(CCNC(=O)CSCC(=O)Nc1ccc(F)cc1)c1cccc(C)c1. The average molecular weight is 404 g/mol. The van der Waals surface area contributed by atoms with Crippen molar-refractivity contribution >= 4 is 35.0 Å². The summed E-state index contributed by atoms with van der Waals surface area (Å²) in [6, 6.07) is 13.8. The maximum atomic E-state index is 12.8. The standard InChI is InChI=1S/C21H26FN3O2S/c1-3-25(19-6-4-5-16(2)13-19)12-11-23-20(26)14-28-15-21(27)24-18-9-7-17(22)8-10-18/h4-10,13H,3,11-12,14-15H2,1-2H3,(H,23,26)(H,24,27). The first-order valence-corrected chi connectivity index (χ1v) is 10.3. The van der Waals surface area contributed by atoms with Crippen LogP contribution in [-0.2, 0) is 9.59 Å². The van der Waals surface area contributed by atoms with E-state index in [1.807, 2.05) is 6.07 Å². The fourth-order valence-electron chi connectivity index (χ4n) is 2.64. The number of aryl methyl sites for hydroxylation is 1. The Kier molecular flexibility index (Phi) is 8.81. The minimum Gasteiger partial charge on any atom is -0.370 e. The van der Waals surface area contributed by atoms with Crippen molar-refractivity contribution < 1.29 is 14.0 Å². The number of hydrogen-bond acceptors (Lipinski definition) is 4. The lowest BCUT2D eigenvalue weighted by molar-refractivity contribution is -0.118. The first-order valence-electron chi connectivity index (χ1n) is 9.19. The lowest BCUT2D eigenvalue weighted by Crippen LogP contribution is -2.35. The summed E-state index contributed by atoms with van der Waals surface area (Å²) in [4.78, 5) is 26.0. The Balaban J connectivity index is 1.64. The fraction of sp³-hybridized carbons (Fsp3) is 0.333. The van der Waals surface area contributed by atoms with Crippen molar-refractivity contribution in [1.29, 1.82) is 0 Å². The second-order valence-corrected chi connectivity index (χ2v) is 7.30. The van der Waals surface area contributed by atoms with Crippen molar-refractivity contribution in [2.75, 3.05) is 41.4 Å². The third-order valence-corrected chi connectivity index (χ3v) is 4.98. The first-order chi connectivity index (χ1) is 13.5. The molecule has 0 fully saturated rings. The summed E-state index contributed by atoms with van der Waals surface area (Å²) in [6.07, 6.45) is 0. The van der Waals surface area contributed by atoms with Gasteiger partial charge in [-0.15, -0.1) is 11.8 Å². The molecule has 5 nitrogen and oxygen atoms in total. The maximum Gasteiger partial charge on any atom is 0.234 e. The molecule has 2 rings (SSSR count). The highest BCUT2D eigenvalue weighted by atomic mass is 32.2. The normalized spacial score (nSPS) is 10.4. The van der Waals surface area contributed by atoms with Crippen molar-refractivity contribution in [2.24, 2.45) is 0 Å². The van der Waals surface area contributed by atoms with E-state index in [0.717, 1.165) is 18.8 Å². The Hall–Kier alpha value is -2.54. The maximum absolute atomic E-state index is 12.8. The monoisotopic (exact) mass is 403 g/mol. The number of halogens is 1. The minimum absolute atomic E-state index is 0.0973. The molecule has 0 aliphatic heterocycles. The smallest absolute Gasteiger partial charge is 0.234 e. The number of hydrogen-bond donors (Lipinski definition) is 2. The molecule has 2 N–H and O–H groups in total. The zero-order valence-electron chi connectivity index (χ0n) is 16.2. The Bertz CT molecular complexity index is 783. The number of likely N-dealkylation sites (N-methyl/N-ethyl adjacent to an activating group) is 1. The Morgan fingerprint density at radius 1 is 1.07 bits per heavy atom. The largest absolute Gasteiger partial charge is 0.370 e. The van der Waals surface area contributed by atoms with Gasteiger partial charge < -0.3 is 15.5 Å². The van der Waals surface area contributed by atoms with Gasteiger partial charge in [0, 0.05) is 31.0 Å². The number of amides is 2. The molecule has 2 aromatic rings. The molecule has 0 atom stereocenters. The van der Waals surface area contributed by atoms with Crippen LogP contribution in [0.25, 0.3) is 0 Å². The van der Waals surface area contributed by atoms with E-state index in [1.54, 1.807) is 0 Å². The highest BCUT2D eigenvalue weighted by Gasteiger charge is 2.08. The summed E-state index contributed by atoms with van der Waals surface area (Å²) in [6.45, 7) is 6.27. The lowest BCUT2D eigenvalue weighted by Gasteiger charge is -2.23. The lowest BCUT2D eigenvalue weighted by atomic mass is 10.2. The van der Waals surface area contributed by atoms with Gasteiger partial charge in [-0.2, -0.15) is 0 Å². The van der Waals surface area contributed by atoms with Gasteiger partial charge in [-0.05, 0) is 55.8 Å². The summed E-state index contributed by atoms with van der Waals surface area (Å²) >= 11 is 1.24. The molecule has 7 heteroatoms. The van der Waals surface area contributed by atoms with E-state index in [2.05, 4.69) is 47.6 Å². The van der Waals surface area contributed by atoms with Gasteiger partial charge in [-0.1, -0.05) is 12.1 Å². The molecule has 28 heavy (non-hydrogen) atoms. The first kappa shape index (κ1) is 21.8. The molecule has 0 aliphatic carbocycles. The van der Waals surface area contributed by atoms with E-state index >= 15 is 0 Å². The van der Waals surface area contributed by atoms with Crippen LogP contribution in [0.3, 0.4) is 0 Å². The van der Waals surface area contributed by atoms with Crippen molar-refractivity contribution in [3.8, 4) is 0 Å². The third kappa shape index (κ3) is 7.60. The second kappa shape index (κ2) is 11.3. The van der Waals surface area contributed by atoms with Gasteiger partial charge >= 0.3 is 0 Å². The molecule has 0 aliphatic rings. The van der Waals surface area contributed by atoms with Crippen LogP contribution in [-0.4, -0.2) is 43.0 Å². The predicted molar refractivity (Wildman–Crippen MR) is 114 cm³/mol. The molecule has 2 aromatic carbocycles. The molecule has 2 amide bonds. The van der Waals surface area contributed by atoms with Gasteiger partial charge in [0.05, 0.1) is 11.5 Å². The van der Waals surface area contributed by atoms with E-state index in [9.17, 15) is 14.0 Å². The van der Waals surface area contributed by atoms with Crippen molar-refractivity contribution in [2.45, 2.75) is 13.8 Å². The number of carbonyl (C=O) groups is 2. The summed E-state index contributed by atoms with van der Waals surface area (Å²) < 4.78 is 12.8. The Morgan fingerprint density at radius 3 is 2.46 bits per heavy atom. The molecular weight excluding hydrogens is 377 g/mol. The van der Waals surface area contributed by atoms with Crippen LogP contribution in [0.2, 0.25) is 0 Å². The van der Waals surface area contributed by atoms with Crippen LogP contribution < -0.4 is 15.5 Å². The van der Waals surface area contributed by atoms with Gasteiger partial charge in [-0.25, -0.2) is 4.39 Å². The highest BCUT2D eigenvalue weighted by Crippen LogP contribution is 2.15.